The molecule has 1 aromatic rings. The minimum atomic E-state index is 0.454. The summed E-state index contributed by atoms with van der Waals surface area (Å²) < 4.78 is 1.88. The van der Waals surface area contributed by atoms with Crippen molar-refractivity contribution in [1.82, 2.24) is 15.0 Å². The SMILES string of the molecule is CCCCCCCn1cc(CCl)nn1. The molecule has 4 heteroatoms. The van der Waals surface area contributed by atoms with E-state index >= 15 is 0 Å². The molecule has 0 aliphatic rings. The van der Waals surface area contributed by atoms with Gasteiger partial charge in [-0.05, 0) is 6.42 Å². The summed E-state index contributed by atoms with van der Waals surface area (Å²) in [7, 11) is 0. The van der Waals surface area contributed by atoms with E-state index in [1.165, 1.54) is 32.1 Å². The number of unbranched alkanes of at least 4 members (excludes halogenated alkanes) is 4. The fourth-order valence-corrected chi connectivity index (χ4v) is 1.51. The highest BCUT2D eigenvalue weighted by Crippen LogP contribution is 2.04. The molecule has 80 valence electrons. The maximum absolute atomic E-state index is 5.63. The summed E-state index contributed by atoms with van der Waals surface area (Å²) in [5.41, 5.74) is 0.861. The van der Waals surface area contributed by atoms with Crippen LogP contribution < -0.4 is 0 Å². The van der Waals surface area contributed by atoms with Crippen molar-refractivity contribution in [2.75, 3.05) is 0 Å². The highest BCUT2D eigenvalue weighted by molar-refractivity contribution is 6.16. The number of alkyl halides is 1. The number of hydrogen-bond acceptors (Lipinski definition) is 2. The van der Waals surface area contributed by atoms with E-state index in [0.29, 0.717) is 5.88 Å². The monoisotopic (exact) mass is 215 g/mol. The standard InChI is InChI=1S/C10H18ClN3/c1-2-3-4-5-6-7-14-9-10(8-11)12-13-14/h9H,2-8H2,1H3. The number of nitrogens with zero attached hydrogens (tertiary/aromatic N) is 3. The van der Waals surface area contributed by atoms with Crippen molar-refractivity contribution in [1.29, 1.82) is 0 Å². The lowest BCUT2D eigenvalue weighted by molar-refractivity contribution is 0.521. The van der Waals surface area contributed by atoms with Crippen LogP contribution in [0.2, 0.25) is 0 Å². The van der Waals surface area contributed by atoms with E-state index < -0.39 is 0 Å². The van der Waals surface area contributed by atoms with Gasteiger partial charge < -0.3 is 0 Å². The molecular weight excluding hydrogens is 198 g/mol. The molecular formula is C10H18ClN3. The average Bonchev–Trinajstić information content (AvgIpc) is 2.65. The fourth-order valence-electron chi connectivity index (χ4n) is 1.39. The first-order chi connectivity index (χ1) is 6.86. The Bertz CT molecular complexity index is 247. The van der Waals surface area contributed by atoms with Crippen LogP contribution in [0, 0.1) is 0 Å². The first-order valence-electron chi connectivity index (χ1n) is 5.31. The van der Waals surface area contributed by atoms with Crippen LogP contribution in [-0.4, -0.2) is 15.0 Å². The van der Waals surface area contributed by atoms with E-state index in [4.69, 9.17) is 11.6 Å². The van der Waals surface area contributed by atoms with E-state index in [0.717, 1.165) is 12.2 Å². The van der Waals surface area contributed by atoms with Gasteiger partial charge in [0.05, 0.1) is 11.6 Å². The lowest BCUT2D eigenvalue weighted by Crippen LogP contribution is -1.98. The second kappa shape index (κ2) is 6.82. The van der Waals surface area contributed by atoms with E-state index in [-0.39, 0.29) is 0 Å². The van der Waals surface area contributed by atoms with Gasteiger partial charge in [0.1, 0.15) is 0 Å². The van der Waals surface area contributed by atoms with E-state index in [1.54, 1.807) is 0 Å². The van der Waals surface area contributed by atoms with Crippen molar-refractivity contribution >= 4 is 11.6 Å². The molecule has 1 rings (SSSR count). The second-order valence-electron chi connectivity index (χ2n) is 3.52. The van der Waals surface area contributed by atoms with Gasteiger partial charge in [-0.3, -0.25) is 4.68 Å². The Morgan fingerprint density at radius 1 is 1.29 bits per heavy atom. The Balaban J connectivity index is 2.12. The fraction of sp³-hybridized carbons (Fsp3) is 0.800. The molecule has 1 heterocycles. The minimum absolute atomic E-state index is 0.454. The van der Waals surface area contributed by atoms with E-state index in [1.807, 2.05) is 10.9 Å². The van der Waals surface area contributed by atoms with Gasteiger partial charge in [0.2, 0.25) is 0 Å². The van der Waals surface area contributed by atoms with Crippen molar-refractivity contribution in [3.05, 3.63) is 11.9 Å². The van der Waals surface area contributed by atoms with E-state index in [2.05, 4.69) is 17.2 Å². The van der Waals surface area contributed by atoms with Gasteiger partial charge >= 0.3 is 0 Å². The molecule has 0 saturated carbocycles. The molecule has 1 aromatic heterocycles. The number of hydrogen-bond donors (Lipinski definition) is 0. The number of halogens is 1. The Morgan fingerprint density at radius 3 is 2.71 bits per heavy atom. The molecule has 0 aromatic carbocycles. The normalized spacial score (nSPS) is 10.7. The van der Waals surface area contributed by atoms with Gasteiger partial charge in [-0.15, -0.1) is 16.7 Å². The van der Waals surface area contributed by atoms with Crippen molar-refractivity contribution in [3.8, 4) is 0 Å². The number of aromatic nitrogens is 3. The van der Waals surface area contributed by atoms with Crippen LogP contribution >= 0.6 is 11.6 Å². The van der Waals surface area contributed by atoms with Gasteiger partial charge in [-0.2, -0.15) is 0 Å². The highest BCUT2D eigenvalue weighted by Gasteiger charge is 1.98. The molecule has 0 amide bonds. The molecule has 0 aliphatic carbocycles. The van der Waals surface area contributed by atoms with Crippen LogP contribution in [0.25, 0.3) is 0 Å². The first-order valence-corrected chi connectivity index (χ1v) is 5.85. The lowest BCUT2D eigenvalue weighted by Gasteiger charge is -1.99. The summed E-state index contributed by atoms with van der Waals surface area (Å²) >= 11 is 5.63. The highest BCUT2D eigenvalue weighted by atomic mass is 35.5. The van der Waals surface area contributed by atoms with Gasteiger partial charge in [0.15, 0.2) is 0 Å². The predicted octanol–water partition coefficient (Wildman–Crippen LogP) is 2.99. The maximum atomic E-state index is 5.63. The largest absolute Gasteiger partial charge is 0.252 e. The third-order valence-electron chi connectivity index (χ3n) is 2.21. The molecule has 0 spiro atoms. The molecule has 0 radical (unpaired) electrons. The van der Waals surface area contributed by atoms with Gasteiger partial charge in [0.25, 0.3) is 0 Å². The Morgan fingerprint density at radius 2 is 2.07 bits per heavy atom. The second-order valence-corrected chi connectivity index (χ2v) is 3.79. The van der Waals surface area contributed by atoms with Crippen LogP contribution in [0.15, 0.2) is 6.20 Å². The van der Waals surface area contributed by atoms with Gasteiger partial charge in [0, 0.05) is 12.7 Å². The molecule has 0 N–H and O–H groups in total. The summed E-state index contributed by atoms with van der Waals surface area (Å²) in [6, 6.07) is 0. The summed E-state index contributed by atoms with van der Waals surface area (Å²) in [6.45, 7) is 3.19. The maximum Gasteiger partial charge on any atom is 0.0974 e. The summed E-state index contributed by atoms with van der Waals surface area (Å²) in [5, 5.41) is 7.92. The number of aryl methyl sites for hydroxylation is 1. The molecule has 0 fully saturated rings. The van der Waals surface area contributed by atoms with Crippen LogP contribution in [0.5, 0.6) is 0 Å². The topological polar surface area (TPSA) is 30.7 Å². The Hall–Kier alpha value is -0.570. The molecule has 0 atom stereocenters. The molecule has 0 bridgehead atoms. The van der Waals surface area contributed by atoms with E-state index in [9.17, 15) is 0 Å². The molecule has 0 unspecified atom stereocenters. The third-order valence-corrected chi connectivity index (χ3v) is 2.49. The minimum Gasteiger partial charge on any atom is -0.252 e. The summed E-state index contributed by atoms with van der Waals surface area (Å²) in [4.78, 5) is 0. The summed E-state index contributed by atoms with van der Waals surface area (Å²) in [5.74, 6) is 0.454. The Labute approximate surface area is 90.4 Å². The van der Waals surface area contributed by atoms with Crippen LogP contribution in [0.4, 0.5) is 0 Å². The lowest BCUT2D eigenvalue weighted by atomic mass is 10.1. The molecule has 0 saturated heterocycles. The molecule has 3 nitrogen and oxygen atoms in total. The smallest absolute Gasteiger partial charge is 0.0974 e. The first kappa shape index (κ1) is 11.5. The number of rotatable bonds is 7. The van der Waals surface area contributed by atoms with Crippen molar-refractivity contribution < 1.29 is 0 Å². The van der Waals surface area contributed by atoms with Gasteiger partial charge in [-0.25, -0.2) is 0 Å². The third kappa shape index (κ3) is 4.09. The van der Waals surface area contributed by atoms with Crippen molar-refractivity contribution in [2.24, 2.45) is 0 Å². The summed E-state index contributed by atoms with van der Waals surface area (Å²) in [6.07, 6.45) is 8.35. The average molecular weight is 216 g/mol. The van der Waals surface area contributed by atoms with Crippen LogP contribution in [0.1, 0.15) is 44.7 Å². The van der Waals surface area contributed by atoms with Crippen molar-refractivity contribution in [3.63, 3.8) is 0 Å². The zero-order chi connectivity index (χ0) is 10.2. The predicted molar refractivity (Wildman–Crippen MR) is 58.3 cm³/mol. The van der Waals surface area contributed by atoms with Gasteiger partial charge in [-0.1, -0.05) is 37.8 Å². The zero-order valence-corrected chi connectivity index (χ0v) is 9.50. The van der Waals surface area contributed by atoms with Crippen LogP contribution in [0.3, 0.4) is 0 Å². The quantitative estimate of drug-likeness (QED) is 0.517. The van der Waals surface area contributed by atoms with Crippen molar-refractivity contribution in [2.45, 2.75) is 51.5 Å². The molecule has 14 heavy (non-hydrogen) atoms. The zero-order valence-electron chi connectivity index (χ0n) is 8.75. The van der Waals surface area contributed by atoms with Crippen LogP contribution in [-0.2, 0) is 12.4 Å². The Kier molecular flexibility index (Phi) is 5.60. The molecule has 0 aliphatic heterocycles.